The summed E-state index contributed by atoms with van der Waals surface area (Å²) in [5.74, 6) is 1.65. The highest BCUT2D eigenvalue weighted by atomic mass is 16.5. The molecule has 0 unspecified atom stereocenters. The fraction of sp³-hybridized carbons (Fsp3) is 0.524. The lowest BCUT2D eigenvalue weighted by Crippen LogP contribution is -2.22. The summed E-state index contributed by atoms with van der Waals surface area (Å²) < 4.78 is 11.1. The number of hydrogen-bond donors (Lipinski definition) is 1. The zero-order valence-electron chi connectivity index (χ0n) is 15.3. The zero-order chi connectivity index (χ0) is 17.5. The van der Waals surface area contributed by atoms with E-state index in [0.717, 1.165) is 29.5 Å². The lowest BCUT2D eigenvalue weighted by molar-refractivity contribution is 0.0231. The van der Waals surface area contributed by atoms with Gasteiger partial charge in [-0.25, -0.2) is 0 Å². The van der Waals surface area contributed by atoms with E-state index in [9.17, 15) is 5.11 Å². The van der Waals surface area contributed by atoms with Gasteiger partial charge in [-0.15, -0.1) is 0 Å². The van der Waals surface area contributed by atoms with Crippen LogP contribution in [0, 0.1) is 11.8 Å². The Balaban J connectivity index is 1.86. The summed E-state index contributed by atoms with van der Waals surface area (Å²) in [6, 6.07) is 12.4. The molecule has 0 heterocycles. The van der Waals surface area contributed by atoms with E-state index in [2.05, 4.69) is 45.0 Å². The second kappa shape index (κ2) is 9.05. The van der Waals surface area contributed by atoms with Gasteiger partial charge in [0.15, 0.2) is 0 Å². The minimum Gasteiger partial charge on any atom is -0.497 e. The molecular formula is C21H30O3. The van der Waals surface area contributed by atoms with Crippen molar-refractivity contribution in [2.45, 2.75) is 46.3 Å². The quantitative estimate of drug-likeness (QED) is 0.718. The van der Waals surface area contributed by atoms with E-state index >= 15 is 0 Å². The Morgan fingerprint density at radius 3 is 2.42 bits per heavy atom. The highest BCUT2D eigenvalue weighted by Crippen LogP contribution is 2.22. The van der Waals surface area contributed by atoms with Crippen molar-refractivity contribution in [1.82, 2.24) is 0 Å². The predicted octanol–water partition coefficient (Wildman–Crippen LogP) is 4.80. The van der Waals surface area contributed by atoms with Crippen LogP contribution < -0.4 is 4.74 Å². The van der Waals surface area contributed by atoms with Crippen LogP contribution >= 0.6 is 0 Å². The molecule has 3 nitrogen and oxygen atoms in total. The third-order valence-corrected chi connectivity index (χ3v) is 4.46. The van der Waals surface area contributed by atoms with Gasteiger partial charge in [-0.2, -0.15) is 0 Å². The molecule has 0 aromatic heterocycles. The van der Waals surface area contributed by atoms with Crippen molar-refractivity contribution >= 4 is 10.8 Å². The molecule has 2 rings (SSSR count). The molecule has 132 valence electrons. The number of methoxy groups -OCH3 is 1. The molecule has 2 atom stereocenters. The first-order valence-electron chi connectivity index (χ1n) is 8.82. The standard InChI is InChI=1S/C21H30O3/c1-15(2)5-10-21(22)16(3)13-24-14-17-6-7-18-8-9-20(23-4)12-19(18)11-17/h6-9,11-12,15-16,21-22H,5,10,13-14H2,1-4H3/t16-,21-/m0/s1. The minimum atomic E-state index is -0.284. The van der Waals surface area contributed by atoms with Gasteiger partial charge in [-0.05, 0) is 53.3 Å². The molecule has 2 aromatic rings. The molecule has 2 aromatic carbocycles. The number of aliphatic hydroxyl groups is 1. The summed E-state index contributed by atoms with van der Waals surface area (Å²) in [5.41, 5.74) is 1.14. The van der Waals surface area contributed by atoms with Crippen LogP contribution in [-0.2, 0) is 11.3 Å². The van der Waals surface area contributed by atoms with Crippen molar-refractivity contribution in [2.75, 3.05) is 13.7 Å². The SMILES string of the molecule is COc1ccc2ccc(COC[C@H](C)[C@@H](O)CCC(C)C)cc2c1. The second-order valence-corrected chi connectivity index (χ2v) is 7.08. The number of aliphatic hydroxyl groups excluding tert-OH is 1. The van der Waals surface area contributed by atoms with Crippen LogP contribution in [0.15, 0.2) is 36.4 Å². The largest absolute Gasteiger partial charge is 0.497 e. The first kappa shape index (κ1) is 18.8. The number of hydrogen-bond acceptors (Lipinski definition) is 3. The molecule has 0 amide bonds. The van der Waals surface area contributed by atoms with Crippen molar-refractivity contribution in [1.29, 1.82) is 0 Å². The molecule has 0 bridgehead atoms. The normalized spacial score (nSPS) is 14.1. The Morgan fingerprint density at radius 2 is 1.71 bits per heavy atom. The van der Waals surface area contributed by atoms with E-state index in [4.69, 9.17) is 9.47 Å². The smallest absolute Gasteiger partial charge is 0.119 e. The Bertz CT molecular complexity index is 636. The van der Waals surface area contributed by atoms with E-state index < -0.39 is 0 Å². The summed E-state index contributed by atoms with van der Waals surface area (Å²) in [5, 5.41) is 12.5. The van der Waals surface area contributed by atoms with Gasteiger partial charge in [0.1, 0.15) is 5.75 Å². The van der Waals surface area contributed by atoms with E-state index in [-0.39, 0.29) is 12.0 Å². The molecule has 3 heteroatoms. The van der Waals surface area contributed by atoms with Crippen LogP contribution in [0.3, 0.4) is 0 Å². The van der Waals surface area contributed by atoms with Crippen molar-refractivity contribution in [3.05, 3.63) is 42.0 Å². The molecule has 0 fully saturated rings. The van der Waals surface area contributed by atoms with E-state index in [1.54, 1.807) is 7.11 Å². The van der Waals surface area contributed by atoms with Gasteiger partial charge in [0.05, 0.1) is 26.4 Å². The summed E-state index contributed by atoms with van der Waals surface area (Å²) >= 11 is 0. The Kier molecular flexibility index (Phi) is 7.07. The summed E-state index contributed by atoms with van der Waals surface area (Å²) in [6.45, 7) is 7.56. The van der Waals surface area contributed by atoms with Crippen molar-refractivity contribution < 1.29 is 14.6 Å². The molecule has 0 saturated carbocycles. The monoisotopic (exact) mass is 330 g/mol. The topological polar surface area (TPSA) is 38.7 Å². The number of rotatable bonds is 9. The first-order valence-corrected chi connectivity index (χ1v) is 8.82. The van der Waals surface area contributed by atoms with Crippen LogP contribution in [0.5, 0.6) is 5.75 Å². The maximum absolute atomic E-state index is 10.2. The molecule has 24 heavy (non-hydrogen) atoms. The van der Waals surface area contributed by atoms with Crippen LogP contribution in [0.2, 0.25) is 0 Å². The van der Waals surface area contributed by atoms with E-state index in [0.29, 0.717) is 19.1 Å². The molecule has 0 saturated heterocycles. The second-order valence-electron chi connectivity index (χ2n) is 7.08. The van der Waals surface area contributed by atoms with Gasteiger partial charge >= 0.3 is 0 Å². The number of ether oxygens (including phenoxy) is 2. The van der Waals surface area contributed by atoms with Crippen LogP contribution in [0.4, 0.5) is 0 Å². The van der Waals surface area contributed by atoms with E-state index in [1.165, 1.54) is 5.39 Å². The van der Waals surface area contributed by atoms with Gasteiger partial charge in [0, 0.05) is 5.92 Å². The summed E-state index contributed by atoms with van der Waals surface area (Å²) in [4.78, 5) is 0. The minimum absolute atomic E-state index is 0.157. The Morgan fingerprint density at radius 1 is 0.958 bits per heavy atom. The van der Waals surface area contributed by atoms with Gasteiger partial charge in [0.25, 0.3) is 0 Å². The van der Waals surface area contributed by atoms with Crippen molar-refractivity contribution in [2.24, 2.45) is 11.8 Å². The lowest BCUT2D eigenvalue weighted by Gasteiger charge is -2.19. The van der Waals surface area contributed by atoms with Crippen LogP contribution in [-0.4, -0.2) is 24.9 Å². The van der Waals surface area contributed by atoms with Gasteiger partial charge in [0.2, 0.25) is 0 Å². The average molecular weight is 330 g/mol. The lowest BCUT2D eigenvalue weighted by atomic mass is 9.97. The fourth-order valence-corrected chi connectivity index (χ4v) is 2.75. The molecule has 0 spiro atoms. The number of benzene rings is 2. The Hall–Kier alpha value is -1.58. The molecule has 0 aliphatic rings. The molecular weight excluding hydrogens is 300 g/mol. The zero-order valence-corrected chi connectivity index (χ0v) is 15.3. The maximum atomic E-state index is 10.2. The van der Waals surface area contributed by atoms with Crippen LogP contribution in [0.25, 0.3) is 10.8 Å². The van der Waals surface area contributed by atoms with Gasteiger partial charge < -0.3 is 14.6 Å². The molecule has 0 aliphatic carbocycles. The van der Waals surface area contributed by atoms with Crippen molar-refractivity contribution in [3.63, 3.8) is 0 Å². The van der Waals surface area contributed by atoms with Gasteiger partial charge in [-0.1, -0.05) is 39.0 Å². The van der Waals surface area contributed by atoms with E-state index in [1.807, 2.05) is 12.1 Å². The third kappa shape index (κ3) is 5.50. The predicted molar refractivity (Wildman–Crippen MR) is 99.4 cm³/mol. The average Bonchev–Trinajstić information content (AvgIpc) is 2.58. The molecule has 0 radical (unpaired) electrons. The maximum Gasteiger partial charge on any atom is 0.119 e. The molecule has 1 N–H and O–H groups in total. The van der Waals surface area contributed by atoms with Crippen molar-refractivity contribution in [3.8, 4) is 5.75 Å². The summed E-state index contributed by atoms with van der Waals surface area (Å²) in [7, 11) is 1.68. The highest BCUT2D eigenvalue weighted by molar-refractivity contribution is 5.84. The van der Waals surface area contributed by atoms with Gasteiger partial charge in [-0.3, -0.25) is 0 Å². The fourth-order valence-electron chi connectivity index (χ4n) is 2.75. The first-order chi connectivity index (χ1) is 11.5. The molecule has 0 aliphatic heterocycles. The summed E-state index contributed by atoms with van der Waals surface area (Å²) in [6.07, 6.45) is 1.61. The third-order valence-electron chi connectivity index (χ3n) is 4.46. The highest BCUT2D eigenvalue weighted by Gasteiger charge is 2.14. The Labute approximate surface area is 145 Å². The van der Waals surface area contributed by atoms with Crippen LogP contribution in [0.1, 0.15) is 39.2 Å². The number of fused-ring (bicyclic) bond motifs is 1.